The van der Waals surface area contributed by atoms with E-state index in [0.717, 1.165) is 12.8 Å². The molecule has 1 amide bonds. The van der Waals surface area contributed by atoms with Crippen LogP contribution in [0.25, 0.3) is 0 Å². The lowest BCUT2D eigenvalue weighted by Crippen LogP contribution is -2.40. The van der Waals surface area contributed by atoms with Gasteiger partial charge in [-0.3, -0.25) is 4.79 Å². The first-order valence-electron chi connectivity index (χ1n) is 3.84. The number of nitrogens with one attached hydrogen (secondary N) is 1. The molecule has 0 aromatic carbocycles. The third-order valence-corrected chi connectivity index (χ3v) is 1.93. The summed E-state index contributed by atoms with van der Waals surface area (Å²) < 4.78 is 0. The van der Waals surface area contributed by atoms with Crippen molar-refractivity contribution in [1.82, 2.24) is 5.32 Å². The van der Waals surface area contributed by atoms with Gasteiger partial charge < -0.3 is 16.2 Å². The molecule has 4 heteroatoms. The van der Waals surface area contributed by atoms with E-state index in [0.29, 0.717) is 13.0 Å². The van der Waals surface area contributed by atoms with Gasteiger partial charge in [0.15, 0.2) is 0 Å². The van der Waals surface area contributed by atoms with Gasteiger partial charge in [0.1, 0.15) is 0 Å². The number of carbonyl (C=O) groups is 1. The van der Waals surface area contributed by atoms with Crippen molar-refractivity contribution in [3.05, 3.63) is 0 Å². The van der Waals surface area contributed by atoms with E-state index in [9.17, 15) is 4.79 Å². The average molecular weight is 158 g/mol. The summed E-state index contributed by atoms with van der Waals surface area (Å²) in [6.07, 6.45) is 2.13. The van der Waals surface area contributed by atoms with Gasteiger partial charge in [0, 0.05) is 13.0 Å². The van der Waals surface area contributed by atoms with Gasteiger partial charge in [-0.2, -0.15) is 0 Å². The van der Waals surface area contributed by atoms with Crippen LogP contribution in [0.2, 0.25) is 0 Å². The molecular formula is C7H14N2O2. The molecule has 0 atom stereocenters. The Morgan fingerprint density at radius 2 is 2.27 bits per heavy atom. The number of hydrogen-bond donors (Lipinski definition) is 3. The molecule has 64 valence electrons. The average Bonchev–Trinajstić information content (AvgIpc) is 2.70. The summed E-state index contributed by atoms with van der Waals surface area (Å²) in [7, 11) is 0. The van der Waals surface area contributed by atoms with Crippen LogP contribution in [0.15, 0.2) is 0 Å². The summed E-state index contributed by atoms with van der Waals surface area (Å²) in [5.41, 5.74) is 4.90. The van der Waals surface area contributed by atoms with E-state index in [1.807, 2.05) is 0 Å². The summed E-state index contributed by atoms with van der Waals surface area (Å²) >= 11 is 0. The lowest BCUT2D eigenvalue weighted by atomic mass is 10.2. The van der Waals surface area contributed by atoms with Gasteiger partial charge >= 0.3 is 0 Å². The minimum absolute atomic E-state index is 0.0450. The number of aliphatic hydroxyl groups excluding tert-OH is 1. The second-order valence-corrected chi connectivity index (χ2v) is 3.03. The van der Waals surface area contributed by atoms with Crippen molar-refractivity contribution >= 4 is 5.91 Å². The Morgan fingerprint density at radius 3 is 2.64 bits per heavy atom. The van der Waals surface area contributed by atoms with E-state index in [1.54, 1.807) is 0 Å². The van der Waals surface area contributed by atoms with E-state index in [1.165, 1.54) is 0 Å². The predicted octanol–water partition coefficient (Wildman–Crippen LogP) is -1.02. The molecule has 1 fully saturated rings. The Balaban J connectivity index is 2.24. The van der Waals surface area contributed by atoms with Crippen LogP contribution < -0.4 is 11.1 Å². The van der Waals surface area contributed by atoms with Gasteiger partial charge in [0.05, 0.1) is 12.1 Å². The van der Waals surface area contributed by atoms with Crippen molar-refractivity contribution in [2.45, 2.75) is 24.8 Å². The highest BCUT2D eigenvalue weighted by Gasteiger charge is 2.43. The van der Waals surface area contributed by atoms with E-state index < -0.39 is 0 Å². The van der Waals surface area contributed by atoms with Gasteiger partial charge in [-0.05, 0) is 12.8 Å². The molecule has 0 heterocycles. The fourth-order valence-electron chi connectivity index (χ4n) is 0.963. The highest BCUT2D eigenvalue weighted by molar-refractivity contribution is 5.77. The summed E-state index contributed by atoms with van der Waals surface area (Å²) in [5, 5.41) is 11.6. The molecule has 1 aliphatic carbocycles. The van der Waals surface area contributed by atoms with Crippen LogP contribution in [0, 0.1) is 0 Å². The molecular weight excluding hydrogens is 144 g/mol. The van der Waals surface area contributed by atoms with Crippen molar-refractivity contribution < 1.29 is 9.90 Å². The zero-order chi connectivity index (χ0) is 8.32. The first-order chi connectivity index (χ1) is 5.22. The number of amides is 1. The Bertz CT molecular complexity index is 155. The highest BCUT2D eigenvalue weighted by Crippen LogP contribution is 2.34. The molecule has 1 aliphatic rings. The molecule has 0 radical (unpaired) electrons. The first kappa shape index (κ1) is 8.49. The zero-order valence-electron chi connectivity index (χ0n) is 6.47. The molecule has 1 saturated carbocycles. The molecule has 0 aromatic rings. The molecule has 0 aliphatic heterocycles. The van der Waals surface area contributed by atoms with Crippen LogP contribution in [0.5, 0.6) is 0 Å². The Labute approximate surface area is 65.8 Å². The summed E-state index contributed by atoms with van der Waals surface area (Å²) in [6.45, 7) is 0.413. The maximum absolute atomic E-state index is 11.0. The van der Waals surface area contributed by atoms with Gasteiger partial charge in [-0.25, -0.2) is 0 Å². The van der Waals surface area contributed by atoms with E-state index in [-0.39, 0.29) is 18.1 Å². The maximum atomic E-state index is 11.0. The molecule has 0 spiro atoms. The minimum atomic E-state index is -0.285. The van der Waals surface area contributed by atoms with Crippen molar-refractivity contribution in [2.75, 3.05) is 13.2 Å². The summed E-state index contributed by atoms with van der Waals surface area (Å²) in [6, 6.07) is 0. The fourth-order valence-corrected chi connectivity index (χ4v) is 0.963. The maximum Gasteiger partial charge on any atom is 0.221 e. The van der Waals surface area contributed by atoms with Crippen LogP contribution in [-0.2, 0) is 4.79 Å². The monoisotopic (exact) mass is 158 g/mol. The van der Waals surface area contributed by atoms with Gasteiger partial charge in [-0.1, -0.05) is 0 Å². The van der Waals surface area contributed by atoms with Gasteiger partial charge in [0.2, 0.25) is 5.91 Å². The molecule has 11 heavy (non-hydrogen) atoms. The lowest BCUT2D eigenvalue weighted by molar-refractivity contribution is -0.122. The summed E-state index contributed by atoms with van der Waals surface area (Å²) in [4.78, 5) is 11.0. The Morgan fingerprint density at radius 1 is 1.64 bits per heavy atom. The SMILES string of the molecule is NCCC(=O)NC1(CO)CC1. The Hall–Kier alpha value is -0.610. The molecule has 0 aromatic heterocycles. The molecule has 1 rings (SSSR count). The smallest absolute Gasteiger partial charge is 0.221 e. The van der Waals surface area contributed by atoms with Crippen LogP contribution in [0.1, 0.15) is 19.3 Å². The van der Waals surface area contributed by atoms with Gasteiger partial charge in [-0.15, -0.1) is 0 Å². The van der Waals surface area contributed by atoms with E-state index >= 15 is 0 Å². The van der Waals surface area contributed by atoms with Crippen molar-refractivity contribution in [3.8, 4) is 0 Å². The van der Waals surface area contributed by atoms with Crippen molar-refractivity contribution in [3.63, 3.8) is 0 Å². The van der Waals surface area contributed by atoms with Crippen LogP contribution in [-0.4, -0.2) is 29.7 Å². The van der Waals surface area contributed by atoms with Crippen LogP contribution in [0.4, 0.5) is 0 Å². The number of aliphatic hydroxyl groups is 1. The Kier molecular flexibility index (Phi) is 2.46. The molecule has 4 nitrogen and oxygen atoms in total. The molecule has 0 bridgehead atoms. The zero-order valence-corrected chi connectivity index (χ0v) is 6.47. The quantitative estimate of drug-likeness (QED) is 0.490. The second kappa shape index (κ2) is 3.19. The number of hydrogen-bond acceptors (Lipinski definition) is 3. The van der Waals surface area contributed by atoms with E-state index in [4.69, 9.17) is 10.8 Å². The number of nitrogens with two attached hydrogens (primary N) is 1. The minimum Gasteiger partial charge on any atom is -0.394 e. The first-order valence-corrected chi connectivity index (χ1v) is 3.84. The molecule has 4 N–H and O–H groups in total. The standard InChI is InChI=1S/C7H14N2O2/c8-4-1-6(11)9-7(5-10)2-3-7/h10H,1-5,8H2,(H,9,11). The van der Waals surface area contributed by atoms with Crippen LogP contribution >= 0.6 is 0 Å². The fraction of sp³-hybridized carbons (Fsp3) is 0.857. The largest absolute Gasteiger partial charge is 0.394 e. The third kappa shape index (κ3) is 2.17. The molecule has 0 unspecified atom stereocenters. The van der Waals surface area contributed by atoms with Crippen molar-refractivity contribution in [1.29, 1.82) is 0 Å². The normalized spacial score (nSPS) is 19.5. The topological polar surface area (TPSA) is 75.4 Å². The molecule has 0 saturated heterocycles. The lowest BCUT2D eigenvalue weighted by Gasteiger charge is -2.13. The number of rotatable bonds is 4. The summed E-state index contributed by atoms with van der Waals surface area (Å²) in [5.74, 6) is -0.0564. The second-order valence-electron chi connectivity index (χ2n) is 3.03. The van der Waals surface area contributed by atoms with E-state index in [2.05, 4.69) is 5.32 Å². The number of carbonyl (C=O) groups excluding carboxylic acids is 1. The predicted molar refractivity (Wildman–Crippen MR) is 40.9 cm³/mol. The van der Waals surface area contributed by atoms with Crippen molar-refractivity contribution in [2.24, 2.45) is 5.73 Å². The highest BCUT2D eigenvalue weighted by atomic mass is 16.3. The third-order valence-electron chi connectivity index (χ3n) is 1.93. The van der Waals surface area contributed by atoms with Gasteiger partial charge in [0.25, 0.3) is 0 Å². The van der Waals surface area contributed by atoms with Crippen LogP contribution in [0.3, 0.4) is 0 Å².